The van der Waals surface area contributed by atoms with Crippen molar-refractivity contribution in [1.82, 2.24) is 9.97 Å². The van der Waals surface area contributed by atoms with Crippen LogP contribution >= 0.6 is 0 Å². The van der Waals surface area contributed by atoms with Crippen LogP contribution in [0.15, 0.2) is 84.0 Å². The summed E-state index contributed by atoms with van der Waals surface area (Å²) in [6, 6.07) is 22.9. The number of nitrogens with one attached hydrogen (secondary N) is 1. The summed E-state index contributed by atoms with van der Waals surface area (Å²) in [6.45, 7) is 0. The third-order valence-electron chi connectivity index (χ3n) is 5.05. The maximum absolute atomic E-state index is 12.0. The van der Waals surface area contributed by atoms with Crippen molar-refractivity contribution in [2.45, 2.75) is 11.3 Å². The van der Waals surface area contributed by atoms with E-state index in [0.29, 0.717) is 0 Å². The van der Waals surface area contributed by atoms with E-state index in [9.17, 15) is 4.21 Å². The molecule has 0 aliphatic carbocycles. The zero-order valence-electron chi connectivity index (χ0n) is 14.7. The Morgan fingerprint density at radius 1 is 0.852 bits per heavy atom. The fourth-order valence-corrected chi connectivity index (χ4v) is 4.98. The molecule has 2 aromatic carbocycles. The van der Waals surface area contributed by atoms with Crippen LogP contribution in [0.3, 0.4) is 0 Å². The molecule has 5 rings (SSSR count). The lowest BCUT2D eigenvalue weighted by atomic mass is 10.0. The predicted octanol–water partition coefficient (Wildman–Crippen LogP) is 5.07. The largest absolute Gasteiger partial charge is 0.354 e. The van der Waals surface area contributed by atoms with Gasteiger partial charge in [-0.05, 0) is 59.0 Å². The molecule has 1 aliphatic rings. The van der Waals surface area contributed by atoms with E-state index in [0.717, 1.165) is 50.7 Å². The van der Waals surface area contributed by atoms with Crippen molar-refractivity contribution in [1.29, 1.82) is 0 Å². The number of pyridine rings is 1. The van der Waals surface area contributed by atoms with Crippen LogP contribution in [0.4, 0.5) is 0 Å². The van der Waals surface area contributed by atoms with Crippen LogP contribution in [0.2, 0.25) is 0 Å². The molecule has 3 nitrogen and oxygen atoms in total. The van der Waals surface area contributed by atoms with Gasteiger partial charge in [0.05, 0.1) is 16.5 Å². The summed E-state index contributed by atoms with van der Waals surface area (Å²) in [7, 11) is -0.838. The third kappa shape index (κ3) is 2.92. The first-order chi connectivity index (χ1) is 13.3. The summed E-state index contributed by atoms with van der Waals surface area (Å²) in [6.07, 6.45) is 4.53. The highest BCUT2D eigenvalue weighted by Crippen LogP contribution is 2.37. The number of hydrogen-bond donors (Lipinski definition) is 1. The van der Waals surface area contributed by atoms with Gasteiger partial charge in [0.1, 0.15) is 0 Å². The third-order valence-corrected chi connectivity index (χ3v) is 6.51. The first-order valence-electron chi connectivity index (χ1n) is 9.00. The Hall–Kier alpha value is -2.98. The minimum Gasteiger partial charge on any atom is -0.354 e. The Kier molecular flexibility index (Phi) is 3.98. The summed E-state index contributed by atoms with van der Waals surface area (Å²) in [4.78, 5) is 8.75. The lowest BCUT2D eigenvalue weighted by molar-refractivity contribution is 0.685. The first-order valence-corrected chi connectivity index (χ1v) is 10.3. The van der Waals surface area contributed by atoms with Gasteiger partial charge in [0.2, 0.25) is 0 Å². The number of fused-ring (bicyclic) bond motifs is 1. The van der Waals surface area contributed by atoms with E-state index in [-0.39, 0.29) is 0 Å². The van der Waals surface area contributed by atoms with Gasteiger partial charge in [-0.1, -0.05) is 36.4 Å². The number of nitrogens with zero attached hydrogens (tertiary/aromatic N) is 1. The van der Waals surface area contributed by atoms with Crippen LogP contribution < -0.4 is 0 Å². The fourth-order valence-electron chi connectivity index (χ4n) is 3.68. The molecule has 1 aliphatic heterocycles. The highest BCUT2D eigenvalue weighted by atomic mass is 32.2. The van der Waals surface area contributed by atoms with E-state index in [2.05, 4.69) is 52.4 Å². The van der Waals surface area contributed by atoms with Crippen LogP contribution in [0.1, 0.15) is 5.56 Å². The van der Waals surface area contributed by atoms with Crippen molar-refractivity contribution in [2.75, 3.05) is 5.75 Å². The maximum Gasteiger partial charge on any atom is 0.0538 e. The molecule has 0 bridgehead atoms. The second-order valence-electron chi connectivity index (χ2n) is 6.70. The lowest BCUT2D eigenvalue weighted by Crippen LogP contribution is -1.87. The normalized spacial score (nSPS) is 15.6. The van der Waals surface area contributed by atoms with Crippen molar-refractivity contribution in [2.24, 2.45) is 0 Å². The summed E-state index contributed by atoms with van der Waals surface area (Å²) in [5, 5.41) is 0. The Morgan fingerprint density at radius 3 is 2.48 bits per heavy atom. The zero-order valence-corrected chi connectivity index (χ0v) is 15.5. The van der Waals surface area contributed by atoms with Crippen molar-refractivity contribution < 1.29 is 4.21 Å². The summed E-state index contributed by atoms with van der Waals surface area (Å²) in [5.41, 5.74) is 7.94. The molecule has 27 heavy (non-hydrogen) atoms. The number of hydrogen-bond acceptors (Lipinski definition) is 2. The molecule has 132 valence electrons. The second-order valence-corrected chi connectivity index (χ2v) is 8.23. The monoisotopic (exact) mass is 370 g/mol. The maximum atomic E-state index is 12.0. The predicted molar refractivity (Wildman–Crippen MR) is 110 cm³/mol. The van der Waals surface area contributed by atoms with Gasteiger partial charge in [0.25, 0.3) is 0 Å². The molecular formula is C23H18N2OS. The van der Waals surface area contributed by atoms with E-state index < -0.39 is 10.8 Å². The Morgan fingerprint density at radius 2 is 1.67 bits per heavy atom. The minimum atomic E-state index is -0.838. The van der Waals surface area contributed by atoms with E-state index >= 15 is 0 Å². The van der Waals surface area contributed by atoms with Crippen molar-refractivity contribution in [3.05, 3.63) is 84.7 Å². The van der Waals surface area contributed by atoms with Crippen molar-refractivity contribution in [3.63, 3.8) is 0 Å². The fraction of sp³-hybridized carbons (Fsp3) is 0.0870. The number of rotatable bonds is 3. The van der Waals surface area contributed by atoms with Gasteiger partial charge in [-0.15, -0.1) is 0 Å². The molecule has 1 atom stereocenters. The zero-order chi connectivity index (χ0) is 18.2. The second kappa shape index (κ2) is 6.63. The number of aromatic nitrogens is 2. The van der Waals surface area contributed by atoms with Crippen LogP contribution in [0, 0.1) is 0 Å². The topological polar surface area (TPSA) is 45.8 Å². The number of aromatic amines is 1. The van der Waals surface area contributed by atoms with Crippen LogP contribution in [0.25, 0.3) is 33.6 Å². The van der Waals surface area contributed by atoms with E-state index in [1.807, 2.05) is 36.7 Å². The quantitative estimate of drug-likeness (QED) is 0.547. The molecule has 1 N–H and O–H groups in total. The lowest BCUT2D eigenvalue weighted by Gasteiger charge is -2.04. The van der Waals surface area contributed by atoms with Gasteiger partial charge in [0, 0.05) is 34.3 Å². The Balaban J connectivity index is 1.67. The SMILES string of the molecule is O=S1CCc2cc(-c3cc(-c4ccncc4)c(-c4ccccc4)[nH]3)ccc21. The van der Waals surface area contributed by atoms with Gasteiger partial charge < -0.3 is 4.98 Å². The van der Waals surface area contributed by atoms with E-state index in [4.69, 9.17) is 0 Å². The first kappa shape index (κ1) is 16.2. The van der Waals surface area contributed by atoms with Crippen molar-refractivity contribution in [3.8, 4) is 33.6 Å². The van der Waals surface area contributed by atoms with E-state index in [1.54, 1.807) is 0 Å². The Bertz CT molecular complexity index is 1080. The molecular weight excluding hydrogens is 352 g/mol. The smallest absolute Gasteiger partial charge is 0.0538 e. The minimum absolute atomic E-state index is 0.737. The molecule has 2 aromatic heterocycles. The molecule has 4 heteroatoms. The van der Waals surface area contributed by atoms with Crippen molar-refractivity contribution >= 4 is 10.8 Å². The number of aryl methyl sites for hydroxylation is 1. The van der Waals surface area contributed by atoms with E-state index in [1.165, 1.54) is 5.56 Å². The summed E-state index contributed by atoms with van der Waals surface area (Å²) >= 11 is 0. The van der Waals surface area contributed by atoms with Gasteiger partial charge in [-0.3, -0.25) is 9.19 Å². The molecule has 0 spiro atoms. The van der Waals surface area contributed by atoms with Gasteiger partial charge in [-0.2, -0.15) is 0 Å². The molecule has 0 fully saturated rings. The molecule has 3 heterocycles. The highest BCUT2D eigenvalue weighted by Gasteiger charge is 2.19. The average Bonchev–Trinajstić information content (AvgIpc) is 3.33. The molecule has 4 aromatic rings. The van der Waals surface area contributed by atoms with Crippen LogP contribution in [-0.4, -0.2) is 19.9 Å². The number of H-pyrrole nitrogens is 1. The molecule has 0 saturated heterocycles. The van der Waals surface area contributed by atoms with Crippen LogP contribution in [-0.2, 0) is 17.2 Å². The molecule has 0 saturated carbocycles. The van der Waals surface area contributed by atoms with Gasteiger partial charge >= 0.3 is 0 Å². The standard InChI is InChI=1S/C23H18N2OS/c26-27-13-10-19-14-18(6-7-22(19)27)21-15-20(16-8-11-24-12-9-16)23(25-21)17-4-2-1-3-5-17/h1-9,11-12,14-15,25H,10,13H2. The summed E-state index contributed by atoms with van der Waals surface area (Å²) in [5.74, 6) is 0.737. The Labute approximate surface area is 160 Å². The van der Waals surface area contributed by atoms with Crippen LogP contribution in [0.5, 0.6) is 0 Å². The number of benzene rings is 2. The highest BCUT2D eigenvalue weighted by molar-refractivity contribution is 7.85. The molecule has 1 unspecified atom stereocenters. The summed E-state index contributed by atoms with van der Waals surface area (Å²) < 4.78 is 12.0. The molecule has 0 amide bonds. The molecule has 0 radical (unpaired) electrons. The van der Waals surface area contributed by atoms with Gasteiger partial charge in [0.15, 0.2) is 0 Å². The van der Waals surface area contributed by atoms with Gasteiger partial charge in [-0.25, -0.2) is 0 Å². The average molecular weight is 370 g/mol.